The van der Waals surface area contributed by atoms with E-state index in [1.165, 1.54) is 7.69 Å². The molecule has 0 amide bonds. The van der Waals surface area contributed by atoms with E-state index in [-0.39, 0.29) is 11.2 Å². The van der Waals surface area contributed by atoms with E-state index in [0.29, 0.717) is 0 Å². The number of aromatic nitrogens is 2. The predicted octanol–water partition coefficient (Wildman–Crippen LogP) is 2.69. The summed E-state index contributed by atoms with van der Waals surface area (Å²) in [6.45, 7) is 8.04. The van der Waals surface area contributed by atoms with Gasteiger partial charge in [0.15, 0.2) is 0 Å². The molecule has 1 saturated heterocycles. The first-order valence-electron chi connectivity index (χ1n) is 5.98. The van der Waals surface area contributed by atoms with Crippen LogP contribution in [0.4, 0.5) is 0 Å². The van der Waals surface area contributed by atoms with Crippen molar-refractivity contribution in [1.29, 1.82) is 0 Å². The van der Waals surface area contributed by atoms with E-state index in [1.54, 1.807) is 0 Å². The smallest absolute Gasteiger partial charge is 0.405 e. The van der Waals surface area contributed by atoms with Crippen LogP contribution in [-0.2, 0) is 9.31 Å². The Kier molecular flexibility index (Phi) is 3.46. The predicted molar refractivity (Wildman–Crippen MR) is 72.2 cm³/mol. The van der Waals surface area contributed by atoms with Gasteiger partial charge in [0.2, 0.25) is 0 Å². The summed E-state index contributed by atoms with van der Waals surface area (Å²) in [7, 11) is 1.42. The number of nitrogens with one attached hydrogen (secondary N) is 1. The molecule has 2 aromatic rings. The normalized spacial score (nSPS) is 20.0. The summed E-state index contributed by atoms with van der Waals surface area (Å²) < 4.78 is 10.4. The summed E-state index contributed by atoms with van der Waals surface area (Å²) in [6, 6.07) is 8.01. The van der Waals surface area contributed by atoms with Gasteiger partial charge in [-0.2, -0.15) is 5.10 Å². The van der Waals surface area contributed by atoms with E-state index in [9.17, 15) is 0 Å². The van der Waals surface area contributed by atoms with Gasteiger partial charge in [0.1, 0.15) is 0 Å². The maximum atomic E-state index is 5.21. The number of para-hydroxylation sites is 1. The van der Waals surface area contributed by atoms with E-state index in [0.717, 1.165) is 10.9 Å². The molecule has 2 heterocycles. The fourth-order valence-electron chi connectivity index (χ4n) is 1.43. The Hall–Kier alpha value is -1.33. The lowest BCUT2D eigenvalue weighted by molar-refractivity contribution is 0.00578. The number of hydrogen-bond donors (Lipinski definition) is 1. The molecule has 1 N–H and O–H groups in total. The Labute approximate surface area is 108 Å². The third-order valence-electron chi connectivity index (χ3n) is 3.48. The first-order valence-corrected chi connectivity index (χ1v) is 5.98. The van der Waals surface area contributed by atoms with Crippen LogP contribution < -0.4 is 0 Å². The summed E-state index contributed by atoms with van der Waals surface area (Å²) in [6.07, 6.45) is 1.81. The first kappa shape index (κ1) is 13.1. The maximum Gasteiger partial charge on any atom is 0.488 e. The Bertz CT molecular complexity index is 478. The van der Waals surface area contributed by atoms with Crippen LogP contribution in [0.3, 0.4) is 0 Å². The Balaban J connectivity index is 0.000000134. The maximum absolute atomic E-state index is 5.21. The minimum Gasteiger partial charge on any atom is -0.405 e. The molecule has 4 nitrogen and oxygen atoms in total. The molecule has 0 spiro atoms. The quantitative estimate of drug-likeness (QED) is 0.726. The third kappa shape index (κ3) is 2.57. The van der Waals surface area contributed by atoms with Crippen molar-refractivity contribution in [3.05, 3.63) is 30.5 Å². The highest BCUT2D eigenvalue weighted by atomic mass is 16.7. The van der Waals surface area contributed by atoms with Gasteiger partial charge in [-0.3, -0.25) is 5.10 Å². The fourth-order valence-corrected chi connectivity index (χ4v) is 1.43. The van der Waals surface area contributed by atoms with Crippen molar-refractivity contribution in [1.82, 2.24) is 10.2 Å². The topological polar surface area (TPSA) is 47.1 Å². The van der Waals surface area contributed by atoms with Crippen molar-refractivity contribution in [2.24, 2.45) is 0 Å². The van der Waals surface area contributed by atoms with E-state index < -0.39 is 0 Å². The average molecular weight is 245 g/mol. The van der Waals surface area contributed by atoms with Crippen LogP contribution in [-0.4, -0.2) is 29.1 Å². The van der Waals surface area contributed by atoms with Crippen LogP contribution in [0.1, 0.15) is 27.7 Å². The highest BCUT2D eigenvalue weighted by Crippen LogP contribution is 2.33. The Morgan fingerprint density at radius 3 is 2.17 bits per heavy atom. The molecule has 1 aromatic carbocycles. The molecule has 0 saturated carbocycles. The van der Waals surface area contributed by atoms with Crippen LogP contribution in [0, 0.1) is 0 Å². The van der Waals surface area contributed by atoms with Crippen molar-refractivity contribution in [3.8, 4) is 0 Å². The average Bonchev–Trinajstić information content (AvgIpc) is 2.85. The number of aromatic amines is 1. The second-order valence-electron chi connectivity index (χ2n) is 5.31. The van der Waals surface area contributed by atoms with Gasteiger partial charge in [-0.05, 0) is 33.8 Å². The summed E-state index contributed by atoms with van der Waals surface area (Å²) in [5, 5.41) is 7.91. The second kappa shape index (κ2) is 4.74. The molecule has 0 aliphatic carbocycles. The van der Waals surface area contributed by atoms with Crippen molar-refractivity contribution in [2.45, 2.75) is 38.9 Å². The van der Waals surface area contributed by atoms with Gasteiger partial charge < -0.3 is 9.31 Å². The lowest BCUT2D eigenvalue weighted by Crippen LogP contribution is -2.41. The largest absolute Gasteiger partial charge is 0.488 e. The third-order valence-corrected chi connectivity index (χ3v) is 3.48. The molecule has 3 rings (SSSR count). The summed E-state index contributed by atoms with van der Waals surface area (Å²) >= 11 is 0. The SMILES string of the molecule is CC1(C)O[B]OC1(C)C.c1ccc2[nH]ncc2c1. The molecule has 1 aliphatic heterocycles. The number of nitrogens with zero attached hydrogens (tertiary/aromatic N) is 1. The van der Waals surface area contributed by atoms with Gasteiger partial charge in [-0.15, -0.1) is 0 Å². The zero-order chi connectivity index (χ0) is 13.2. The van der Waals surface area contributed by atoms with Gasteiger partial charge in [-0.1, -0.05) is 18.2 Å². The minimum atomic E-state index is -0.188. The molecule has 1 radical (unpaired) electrons. The number of rotatable bonds is 0. The number of fused-ring (bicyclic) bond motifs is 1. The zero-order valence-electron chi connectivity index (χ0n) is 11.2. The van der Waals surface area contributed by atoms with E-state index >= 15 is 0 Å². The minimum absolute atomic E-state index is 0.187. The molecule has 0 unspecified atom stereocenters. The number of H-pyrrole nitrogens is 1. The Morgan fingerprint density at radius 1 is 1.06 bits per heavy atom. The van der Waals surface area contributed by atoms with Crippen molar-refractivity contribution in [3.63, 3.8) is 0 Å². The van der Waals surface area contributed by atoms with Crippen molar-refractivity contribution >= 4 is 18.6 Å². The first-order chi connectivity index (χ1) is 8.42. The van der Waals surface area contributed by atoms with Gasteiger partial charge in [0.25, 0.3) is 0 Å². The zero-order valence-corrected chi connectivity index (χ0v) is 11.2. The van der Waals surface area contributed by atoms with Crippen LogP contribution in [0.25, 0.3) is 10.9 Å². The molecule has 1 aliphatic rings. The van der Waals surface area contributed by atoms with E-state index in [1.807, 2.05) is 58.2 Å². The molecule has 95 valence electrons. The number of benzene rings is 1. The van der Waals surface area contributed by atoms with Crippen LogP contribution in [0.2, 0.25) is 0 Å². The lowest BCUT2D eigenvalue weighted by atomic mass is 9.90. The summed E-state index contributed by atoms with van der Waals surface area (Å²) in [5.41, 5.74) is 0.720. The van der Waals surface area contributed by atoms with Crippen LogP contribution in [0.5, 0.6) is 0 Å². The van der Waals surface area contributed by atoms with E-state index in [2.05, 4.69) is 10.2 Å². The second-order valence-corrected chi connectivity index (χ2v) is 5.31. The molecule has 18 heavy (non-hydrogen) atoms. The van der Waals surface area contributed by atoms with Gasteiger partial charge in [0, 0.05) is 5.39 Å². The Morgan fingerprint density at radius 2 is 1.67 bits per heavy atom. The molecule has 1 aromatic heterocycles. The highest BCUT2D eigenvalue weighted by Gasteiger charge is 2.44. The lowest BCUT2D eigenvalue weighted by Gasteiger charge is -2.32. The molecular weight excluding hydrogens is 227 g/mol. The van der Waals surface area contributed by atoms with Crippen LogP contribution in [0.15, 0.2) is 30.5 Å². The summed E-state index contributed by atoms with van der Waals surface area (Å²) in [4.78, 5) is 0. The summed E-state index contributed by atoms with van der Waals surface area (Å²) in [5.74, 6) is 0. The van der Waals surface area contributed by atoms with Crippen LogP contribution >= 0.6 is 0 Å². The molecule has 5 heteroatoms. The van der Waals surface area contributed by atoms with Gasteiger partial charge in [0.05, 0.1) is 22.9 Å². The van der Waals surface area contributed by atoms with E-state index in [4.69, 9.17) is 9.31 Å². The fraction of sp³-hybridized carbons (Fsp3) is 0.462. The molecule has 1 fully saturated rings. The van der Waals surface area contributed by atoms with Gasteiger partial charge >= 0.3 is 7.69 Å². The number of hydrogen-bond acceptors (Lipinski definition) is 3. The highest BCUT2D eigenvalue weighted by molar-refractivity contribution is 6.19. The standard InChI is InChI=1S/C7H6N2.C6H12BO2/c1-2-4-7-6(3-1)5-8-9-7;1-5(2)6(3,4)9-7-8-5/h1-5H,(H,8,9);1-4H3. The van der Waals surface area contributed by atoms with Gasteiger partial charge in [-0.25, -0.2) is 0 Å². The molecular formula is C13H18BN2O2. The molecule has 0 atom stereocenters. The van der Waals surface area contributed by atoms with Crippen molar-refractivity contribution in [2.75, 3.05) is 0 Å². The van der Waals surface area contributed by atoms with Crippen molar-refractivity contribution < 1.29 is 9.31 Å². The molecule has 0 bridgehead atoms. The monoisotopic (exact) mass is 245 g/mol.